The Morgan fingerprint density at radius 1 is 1.17 bits per heavy atom. The van der Waals surface area contributed by atoms with Crippen LogP contribution in [0.1, 0.15) is 63.6 Å². The van der Waals surface area contributed by atoms with Gasteiger partial charge in [0.1, 0.15) is 5.69 Å². The summed E-state index contributed by atoms with van der Waals surface area (Å²) in [5, 5.41) is 5.94. The molecule has 0 spiro atoms. The van der Waals surface area contributed by atoms with Gasteiger partial charge in [0.2, 0.25) is 0 Å². The van der Waals surface area contributed by atoms with E-state index < -0.39 is 0 Å². The monoisotopic (exact) mass is 396 g/mol. The van der Waals surface area contributed by atoms with Crippen molar-refractivity contribution in [3.63, 3.8) is 0 Å². The number of nitrogens with zero attached hydrogens (tertiary/aromatic N) is 2. The molecular weight excluding hydrogens is 368 g/mol. The summed E-state index contributed by atoms with van der Waals surface area (Å²) >= 11 is 0. The first-order chi connectivity index (χ1) is 14.0. The van der Waals surface area contributed by atoms with E-state index in [4.69, 9.17) is 4.74 Å². The fraction of sp³-hybridized carbons (Fsp3) is 0.500. The maximum atomic E-state index is 13.0. The Kier molecular flexibility index (Phi) is 5.67. The van der Waals surface area contributed by atoms with Crippen LogP contribution in [0.2, 0.25) is 0 Å². The summed E-state index contributed by atoms with van der Waals surface area (Å²) < 4.78 is 7.49. The van der Waals surface area contributed by atoms with Gasteiger partial charge >= 0.3 is 0 Å². The third kappa shape index (κ3) is 4.05. The molecule has 1 atom stereocenters. The van der Waals surface area contributed by atoms with Crippen molar-refractivity contribution in [2.24, 2.45) is 0 Å². The second-order valence-electron chi connectivity index (χ2n) is 7.91. The molecule has 154 valence electrons. The quantitative estimate of drug-likeness (QED) is 0.814. The summed E-state index contributed by atoms with van der Waals surface area (Å²) in [4.78, 5) is 30.3. The van der Waals surface area contributed by atoms with Crippen LogP contribution in [0.3, 0.4) is 0 Å². The van der Waals surface area contributed by atoms with E-state index in [-0.39, 0.29) is 17.9 Å². The van der Waals surface area contributed by atoms with E-state index in [1.165, 1.54) is 0 Å². The average molecular weight is 396 g/mol. The predicted molar refractivity (Wildman–Crippen MR) is 110 cm³/mol. The van der Waals surface area contributed by atoms with E-state index in [1.54, 1.807) is 0 Å². The lowest BCUT2D eigenvalue weighted by Crippen LogP contribution is -2.32. The molecule has 2 N–H and O–H groups in total. The van der Waals surface area contributed by atoms with Gasteiger partial charge in [-0.05, 0) is 57.1 Å². The van der Waals surface area contributed by atoms with Crippen LogP contribution in [0.4, 0.5) is 5.69 Å². The van der Waals surface area contributed by atoms with Crippen molar-refractivity contribution >= 4 is 17.5 Å². The van der Waals surface area contributed by atoms with E-state index in [9.17, 15) is 9.59 Å². The zero-order chi connectivity index (χ0) is 20.4. The van der Waals surface area contributed by atoms with E-state index in [1.807, 2.05) is 36.6 Å². The molecule has 7 nitrogen and oxygen atoms in total. The van der Waals surface area contributed by atoms with Gasteiger partial charge in [-0.25, -0.2) is 4.98 Å². The summed E-state index contributed by atoms with van der Waals surface area (Å²) in [5.41, 5.74) is 4.02. The molecule has 1 unspecified atom stereocenters. The maximum Gasteiger partial charge on any atom is 0.291 e. The summed E-state index contributed by atoms with van der Waals surface area (Å²) in [6.45, 7) is 5.87. The third-order valence-corrected chi connectivity index (χ3v) is 5.77. The van der Waals surface area contributed by atoms with Crippen molar-refractivity contribution in [2.45, 2.75) is 58.6 Å². The Balaban J connectivity index is 1.57. The number of benzene rings is 1. The average Bonchev–Trinajstić information content (AvgIpc) is 3.37. The number of imidazole rings is 1. The van der Waals surface area contributed by atoms with Gasteiger partial charge in [-0.3, -0.25) is 9.59 Å². The molecular formula is C22H28N4O3. The number of fused-ring (bicyclic) bond motifs is 1. The third-order valence-electron chi connectivity index (χ3n) is 5.77. The number of ether oxygens (including phenoxy) is 1. The van der Waals surface area contributed by atoms with Crippen LogP contribution in [-0.4, -0.2) is 40.6 Å². The van der Waals surface area contributed by atoms with Gasteiger partial charge in [-0.1, -0.05) is 18.2 Å². The van der Waals surface area contributed by atoms with Crippen molar-refractivity contribution < 1.29 is 14.3 Å². The number of nitrogens with one attached hydrogen (secondary N) is 2. The highest BCUT2D eigenvalue weighted by molar-refractivity contribution is 6.04. The highest BCUT2D eigenvalue weighted by Crippen LogP contribution is 2.24. The van der Waals surface area contributed by atoms with Crippen LogP contribution in [0.5, 0.6) is 0 Å². The highest BCUT2D eigenvalue weighted by Gasteiger charge is 2.28. The van der Waals surface area contributed by atoms with Gasteiger partial charge in [-0.15, -0.1) is 0 Å². The lowest BCUT2D eigenvalue weighted by Gasteiger charge is -2.18. The molecule has 4 rings (SSSR count). The topological polar surface area (TPSA) is 85.2 Å². The van der Waals surface area contributed by atoms with Crippen LogP contribution in [0, 0.1) is 13.8 Å². The van der Waals surface area contributed by atoms with Crippen molar-refractivity contribution in [3.8, 4) is 0 Å². The molecule has 0 radical (unpaired) electrons. The Morgan fingerprint density at radius 3 is 2.69 bits per heavy atom. The van der Waals surface area contributed by atoms with Gasteiger partial charge in [0, 0.05) is 25.4 Å². The smallest absolute Gasteiger partial charge is 0.291 e. The van der Waals surface area contributed by atoms with E-state index >= 15 is 0 Å². The summed E-state index contributed by atoms with van der Waals surface area (Å²) in [5.74, 6) is -0.189. The first-order valence-corrected chi connectivity index (χ1v) is 10.4. The molecule has 2 aliphatic heterocycles. The zero-order valence-electron chi connectivity index (χ0n) is 17.1. The maximum absolute atomic E-state index is 13.0. The number of aromatic nitrogens is 2. The number of carbonyl (C=O) groups excluding carboxylic acids is 2. The Bertz CT molecular complexity index is 908. The van der Waals surface area contributed by atoms with Gasteiger partial charge in [0.15, 0.2) is 5.82 Å². The van der Waals surface area contributed by atoms with Crippen LogP contribution in [0.15, 0.2) is 18.2 Å². The van der Waals surface area contributed by atoms with E-state index in [0.29, 0.717) is 24.6 Å². The molecule has 0 saturated carbocycles. The molecule has 0 aliphatic carbocycles. The number of carbonyl (C=O) groups is 2. The minimum Gasteiger partial charge on any atom is -0.376 e. The molecule has 29 heavy (non-hydrogen) atoms. The molecule has 2 aromatic rings. The molecule has 1 fully saturated rings. The fourth-order valence-electron chi connectivity index (χ4n) is 4.17. The molecule has 7 heteroatoms. The minimum atomic E-state index is -0.274. The van der Waals surface area contributed by atoms with Crippen LogP contribution < -0.4 is 10.6 Å². The second kappa shape index (κ2) is 8.37. The molecule has 1 aromatic heterocycles. The predicted octanol–water partition coefficient (Wildman–Crippen LogP) is 3.00. The summed E-state index contributed by atoms with van der Waals surface area (Å²) in [6.07, 6.45) is 4.80. The van der Waals surface area contributed by atoms with Gasteiger partial charge < -0.3 is 19.9 Å². The number of anilines is 1. The fourth-order valence-corrected chi connectivity index (χ4v) is 4.17. The Hall–Kier alpha value is -2.67. The number of amides is 2. The molecule has 2 amide bonds. The number of rotatable bonds is 5. The van der Waals surface area contributed by atoms with E-state index in [0.717, 1.165) is 61.2 Å². The number of aryl methyl sites for hydroxylation is 2. The standard InChI is InChI=1S/C22H28N4O3/c1-14-7-5-8-15(2)18(14)25-22(28)20-24-19(17-10-3-4-11-26(17)20)21(27)23-13-16-9-6-12-29-16/h5,7-8,16H,3-4,6,9-13H2,1-2H3,(H,23,27)(H,25,28). The molecule has 1 saturated heterocycles. The van der Waals surface area contributed by atoms with Crippen molar-refractivity contribution in [1.82, 2.24) is 14.9 Å². The lowest BCUT2D eigenvalue weighted by molar-refractivity contribution is 0.0853. The largest absolute Gasteiger partial charge is 0.376 e. The van der Waals surface area contributed by atoms with Crippen molar-refractivity contribution in [1.29, 1.82) is 0 Å². The van der Waals surface area contributed by atoms with Crippen LogP contribution in [0.25, 0.3) is 0 Å². The first-order valence-electron chi connectivity index (χ1n) is 10.4. The SMILES string of the molecule is Cc1cccc(C)c1NC(=O)c1nc(C(=O)NCC2CCCO2)c2n1CCCC2. The van der Waals surface area contributed by atoms with Crippen LogP contribution >= 0.6 is 0 Å². The highest BCUT2D eigenvalue weighted by atomic mass is 16.5. The first kappa shape index (κ1) is 19.6. The zero-order valence-corrected chi connectivity index (χ0v) is 17.1. The number of hydrogen-bond donors (Lipinski definition) is 2. The van der Waals surface area contributed by atoms with Crippen molar-refractivity contribution in [2.75, 3.05) is 18.5 Å². The molecule has 3 heterocycles. The second-order valence-corrected chi connectivity index (χ2v) is 7.91. The lowest BCUT2D eigenvalue weighted by atomic mass is 10.1. The van der Waals surface area contributed by atoms with Crippen LogP contribution in [-0.2, 0) is 17.7 Å². The minimum absolute atomic E-state index is 0.0733. The normalized spacial score (nSPS) is 18.3. The van der Waals surface area contributed by atoms with Gasteiger partial charge in [0.05, 0.1) is 11.8 Å². The number of para-hydroxylation sites is 1. The molecule has 1 aromatic carbocycles. The van der Waals surface area contributed by atoms with Crippen molar-refractivity contribution in [3.05, 3.63) is 46.5 Å². The summed E-state index contributed by atoms with van der Waals surface area (Å²) in [6, 6.07) is 5.90. The van der Waals surface area contributed by atoms with E-state index in [2.05, 4.69) is 15.6 Å². The summed E-state index contributed by atoms with van der Waals surface area (Å²) in [7, 11) is 0. The Labute approximate surface area is 170 Å². The van der Waals surface area contributed by atoms with Gasteiger partial charge in [0.25, 0.3) is 11.8 Å². The van der Waals surface area contributed by atoms with Gasteiger partial charge in [-0.2, -0.15) is 0 Å². The molecule has 0 bridgehead atoms. The Morgan fingerprint density at radius 2 is 1.97 bits per heavy atom. The number of hydrogen-bond acceptors (Lipinski definition) is 4. The molecule has 2 aliphatic rings.